The molecule has 0 aliphatic rings. The molecule has 0 amide bonds. The smallest absolute Gasteiger partial charge is 0.199 e. The first-order valence-electron chi connectivity index (χ1n) is 6.42. The zero-order valence-corrected chi connectivity index (χ0v) is 12.0. The van der Waals surface area contributed by atoms with Gasteiger partial charge in [0.05, 0.1) is 11.7 Å². The number of anilines is 2. The number of nitrogens with zero attached hydrogens (tertiary/aromatic N) is 5. The highest BCUT2D eigenvalue weighted by molar-refractivity contribution is 5.90. The van der Waals surface area contributed by atoms with Gasteiger partial charge in [-0.25, -0.2) is 14.6 Å². The zero-order valence-electron chi connectivity index (χ0n) is 12.0. The van der Waals surface area contributed by atoms with Crippen LogP contribution in [0, 0.1) is 0 Å². The molecule has 0 atom stereocenters. The van der Waals surface area contributed by atoms with Gasteiger partial charge in [0.1, 0.15) is 5.82 Å². The number of pyridine rings is 1. The lowest BCUT2D eigenvalue weighted by Crippen LogP contribution is -2.27. The highest BCUT2D eigenvalue weighted by Gasteiger charge is 2.18. The molecule has 0 unspecified atom stereocenters. The summed E-state index contributed by atoms with van der Waals surface area (Å²) in [5.41, 5.74) is 6.56. The lowest BCUT2D eigenvalue weighted by Gasteiger charge is -2.22. The third kappa shape index (κ3) is 2.60. The quantitative estimate of drug-likeness (QED) is 0.733. The average Bonchev–Trinajstić information content (AvgIpc) is 2.83. The molecule has 0 bridgehead atoms. The van der Waals surface area contributed by atoms with Gasteiger partial charge in [-0.2, -0.15) is 0 Å². The van der Waals surface area contributed by atoms with Crippen molar-refractivity contribution >= 4 is 22.5 Å². The topological polar surface area (TPSA) is 116 Å². The molecule has 21 heavy (non-hydrogen) atoms. The molecular formula is C13H15N7O. The van der Waals surface area contributed by atoms with Gasteiger partial charge in [0, 0.05) is 17.1 Å². The summed E-state index contributed by atoms with van der Waals surface area (Å²) in [6.07, 6.45) is 3.36. The number of nitrogen functional groups attached to an aromatic ring is 1. The van der Waals surface area contributed by atoms with Gasteiger partial charge in [0.2, 0.25) is 0 Å². The molecule has 0 saturated carbocycles. The number of fused-ring (bicyclic) bond motifs is 1. The van der Waals surface area contributed by atoms with Crippen molar-refractivity contribution < 1.29 is 4.63 Å². The Hall–Kier alpha value is -2.77. The van der Waals surface area contributed by atoms with Crippen LogP contribution < -0.4 is 11.1 Å². The summed E-state index contributed by atoms with van der Waals surface area (Å²) in [6, 6.07) is 1.86. The SMILES string of the molecule is CC(C)(C)Nc1nc(-c2nonc2N)nc2cnccc12. The van der Waals surface area contributed by atoms with E-state index in [1.165, 1.54) is 0 Å². The van der Waals surface area contributed by atoms with Crippen molar-refractivity contribution in [1.29, 1.82) is 0 Å². The Balaban J connectivity index is 2.22. The lowest BCUT2D eigenvalue weighted by molar-refractivity contribution is 0.310. The van der Waals surface area contributed by atoms with Crippen molar-refractivity contribution in [3.63, 3.8) is 0 Å². The van der Waals surface area contributed by atoms with E-state index < -0.39 is 0 Å². The summed E-state index contributed by atoms with van der Waals surface area (Å²) in [5, 5.41) is 11.5. The third-order valence-electron chi connectivity index (χ3n) is 2.72. The van der Waals surface area contributed by atoms with E-state index in [4.69, 9.17) is 5.73 Å². The summed E-state index contributed by atoms with van der Waals surface area (Å²) >= 11 is 0. The fraction of sp³-hybridized carbons (Fsp3) is 0.308. The first kappa shape index (κ1) is 13.2. The predicted molar refractivity (Wildman–Crippen MR) is 78.4 cm³/mol. The highest BCUT2D eigenvalue weighted by Crippen LogP contribution is 2.27. The Labute approximate surface area is 120 Å². The van der Waals surface area contributed by atoms with Crippen LogP contribution >= 0.6 is 0 Å². The van der Waals surface area contributed by atoms with Crippen LogP contribution in [0.3, 0.4) is 0 Å². The van der Waals surface area contributed by atoms with Crippen LogP contribution in [0.25, 0.3) is 22.4 Å². The molecule has 0 aliphatic heterocycles. The first-order chi connectivity index (χ1) is 9.94. The molecule has 0 aliphatic carbocycles. The van der Waals surface area contributed by atoms with Gasteiger partial charge in [-0.05, 0) is 37.2 Å². The molecule has 0 spiro atoms. The minimum absolute atomic E-state index is 0.153. The summed E-state index contributed by atoms with van der Waals surface area (Å²) < 4.78 is 4.61. The molecule has 8 heteroatoms. The van der Waals surface area contributed by atoms with E-state index in [2.05, 4.69) is 35.2 Å². The van der Waals surface area contributed by atoms with Gasteiger partial charge in [0.25, 0.3) is 0 Å². The standard InChI is InChI=1S/C13H15N7O/c1-13(2,3)18-11-7-4-5-15-6-8(7)16-12(17-11)9-10(14)20-21-19-9/h4-6H,1-3H3,(H2,14,20)(H,16,17,18). The fourth-order valence-corrected chi connectivity index (χ4v) is 1.89. The van der Waals surface area contributed by atoms with Crippen LogP contribution in [-0.2, 0) is 0 Å². The molecule has 8 nitrogen and oxygen atoms in total. The van der Waals surface area contributed by atoms with E-state index in [-0.39, 0.29) is 11.4 Å². The van der Waals surface area contributed by atoms with Gasteiger partial charge in [-0.3, -0.25) is 4.98 Å². The van der Waals surface area contributed by atoms with Crippen LogP contribution in [0.4, 0.5) is 11.6 Å². The van der Waals surface area contributed by atoms with Gasteiger partial charge in [-0.15, -0.1) is 0 Å². The number of aromatic nitrogens is 5. The normalized spacial score (nSPS) is 11.8. The Morgan fingerprint density at radius 2 is 2.00 bits per heavy atom. The summed E-state index contributed by atoms with van der Waals surface area (Å²) in [7, 11) is 0. The fourth-order valence-electron chi connectivity index (χ4n) is 1.89. The number of nitrogens with one attached hydrogen (secondary N) is 1. The molecule has 3 aromatic heterocycles. The van der Waals surface area contributed by atoms with Crippen molar-refractivity contribution in [3.8, 4) is 11.5 Å². The van der Waals surface area contributed by atoms with Crippen molar-refractivity contribution in [2.75, 3.05) is 11.1 Å². The molecule has 0 fully saturated rings. The average molecular weight is 285 g/mol. The van der Waals surface area contributed by atoms with Gasteiger partial charge >= 0.3 is 0 Å². The number of rotatable bonds is 2. The number of hydrogen-bond donors (Lipinski definition) is 2. The van der Waals surface area contributed by atoms with E-state index in [9.17, 15) is 0 Å². The highest BCUT2D eigenvalue weighted by atomic mass is 16.6. The van der Waals surface area contributed by atoms with Crippen LogP contribution in [0.2, 0.25) is 0 Å². The molecule has 0 radical (unpaired) electrons. The van der Waals surface area contributed by atoms with Crippen molar-refractivity contribution in [1.82, 2.24) is 25.3 Å². The molecule has 3 N–H and O–H groups in total. The monoisotopic (exact) mass is 285 g/mol. The molecule has 0 aromatic carbocycles. The van der Waals surface area contributed by atoms with E-state index >= 15 is 0 Å². The first-order valence-corrected chi connectivity index (χ1v) is 6.42. The maximum absolute atomic E-state index is 5.71. The molecule has 0 saturated heterocycles. The summed E-state index contributed by atoms with van der Waals surface area (Å²) in [4.78, 5) is 13.0. The Kier molecular flexibility index (Phi) is 2.93. The molecular weight excluding hydrogens is 270 g/mol. The van der Waals surface area contributed by atoms with Crippen molar-refractivity contribution in [3.05, 3.63) is 18.5 Å². The van der Waals surface area contributed by atoms with Gasteiger partial charge in [-0.1, -0.05) is 0 Å². The minimum Gasteiger partial charge on any atom is -0.379 e. The van der Waals surface area contributed by atoms with Gasteiger partial charge < -0.3 is 11.1 Å². The van der Waals surface area contributed by atoms with Crippen LogP contribution in [0.1, 0.15) is 20.8 Å². The van der Waals surface area contributed by atoms with E-state index in [1.807, 2.05) is 26.8 Å². The zero-order chi connectivity index (χ0) is 15.0. The molecule has 3 aromatic rings. The van der Waals surface area contributed by atoms with E-state index in [1.54, 1.807) is 12.4 Å². The predicted octanol–water partition coefficient (Wildman–Crippen LogP) is 1.87. The largest absolute Gasteiger partial charge is 0.379 e. The second kappa shape index (κ2) is 4.65. The van der Waals surface area contributed by atoms with Crippen molar-refractivity contribution in [2.45, 2.75) is 26.3 Å². The number of hydrogen-bond acceptors (Lipinski definition) is 8. The van der Waals surface area contributed by atoms with Crippen LogP contribution in [0.5, 0.6) is 0 Å². The van der Waals surface area contributed by atoms with E-state index in [0.29, 0.717) is 22.9 Å². The maximum Gasteiger partial charge on any atom is 0.199 e. The van der Waals surface area contributed by atoms with E-state index in [0.717, 1.165) is 5.39 Å². The lowest BCUT2D eigenvalue weighted by atomic mass is 10.1. The Bertz CT molecular complexity index is 791. The maximum atomic E-state index is 5.71. The second-order valence-corrected chi connectivity index (χ2v) is 5.66. The Morgan fingerprint density at radius 1 is 1.19 bits per heavy atom. The molecule has 3 heterocycles. The Morgan fingerprint density at radius 3 is 2.67 bits per heavy atom. The third-order valence-corrected chi connectivity index (χ3v) is 2.72. The minimum atomic E-state index is -0.157. The molecule has 108 valence electrons. The number of nitrogens with two attached hydrogens (primary N) is 1. The molecule has 3 rings (SSSR count). The van der Waals surface area contributed by atoms with Crippen molar-refractivity contribution in [2.24, 2.45) is 0 Å². The van der Waals surface area contributed by atoms with Crippen LogP contribution in [-0.4, -0.2) is 30.8 Å². The van der Waals surface area contributed by atoms with Gasteiger partial charge in [0.15, 0.2) is 17.3 Å². The summed E-state index contributed by atoms with van der Waals surface area (Å²) in [5.74, 6) is 1.19. The summed E-state index contributed by atoms with van der Waals surface area (Å²) in [6.45, 7) is 6.15. The van der Waals surface area contributed by atoms with Crippen LogP contribution in [0.15, 0.2) is 23.1 Å². The second-order valence-electron chi connectivity index (χ2n) is 5.66.